The number of hydrogen-bond donors (Lipinski definition) is 1. The van der Waals surface area contributed by atoms with Gasteiger partial charge in [-0.25, -0.2) is 0 Å². The summed E-state index contributed by atoms with van der Waals surface area (Å²) in [5.74, 6) is 0.553. The van der Waals surface area contributed by atoms with Crippen LogP contribution < -0.4 is 0 Å². The summed E-state index contributed by atoms with van der Waals surface area (Å²) in [5.41, 5.74) is 1.40. The first kappa shape index (κ1) is 12.6. The molecule has 0 saturated carbocycles. The molecule has 0 fully saturated rings. The van der Waals surface area contributed by atoms with Crippen LogP contribution >= 0.6 is 12.6 Å². The SMILES string of the molecule is CC(S)[C@H](CCN(C)C)c1ccccc1. The Morgan fingerprint density at radius 2 is 1.80 bits per heavy atom. The summed E-state index contributed by atoms with van der Waals surface area (Å²) in [6, 6.07) is 10.7. The summed E-state index contributed by atoms with van der Waals surface area (Å²) < 4.78 is 0. The van der Waals surface area contributed by atoms with Crippen LogP contribution in [0, 0.1) is 0 Å². The molecule has 0 saturated heterocycles. The predicted molar refractivity (Wildman–Crippen MR) is 70.8 cm³/mol. The fourth-order valence-electron chi connectivity index (χ4n) is 1.78. The van der Waals surface area contributed by atoms with Gasteiger partial charge in [-0.2, -0.15) is 12.6 Å². The third-order valence-corrected chi connectivity index (χ3v) is 3.06. The van der Waals surface area contributed by atoms with Crippen molar-refractivity contribution in [2.24, 2.45) is 0 Å². The van der Waals surface area contributed by atoms with E-state index < -0.39 is 0 Å². The minimum absolute atomic E-state index is 0.410. The van der Waals surface area contributed by atoms with E-state index in [9.17, 15) is 0 Å². The molecule has 1 rings (SSSR count). The highest BCUT2D eigenvalue weighted by Gasteiger charge is 2.15. The Hall–Kier alpha value is -0.470. The zero-order valence-electron chi connectivity index (χ0n) is 9.85. The maximum absolute atomic E-state index is 4.59. The molecular weight excluding hydrogens is 202 g/mol. The van der Waals surface area contributed by atoms with E-state index in [2.05, 4.69) is 68.9 Å². The van der Waals surface area contributed by atoms with Gasteiger partial charge in [-0.15, -0.1) is 0 Å². The number of rotatable bonds is 5. The van der Waals surface area contributed by atoms with Crippen LogP contribution in [-0.4, -0.2) is 30.8 Å². The third-order valence-electron chi connectivity index (χ3n) is 2.70. The molecule has 0 amide bonds. The largest absolute Gasteiger partial charge is 0.309 e. The molecule has 0 heterocycles. The van der Waals surface area contributed by atoms with Gasteiger partial charge in [0.1, 0.15) is 0 Å². The van der Waals surface area contributed by atoms with Crippen molar-refractivity contribution in [2.45, 2.75) is 24.5 Å². The van der Waals surface area contributed by atoms with Crippen LogP contribution in [0.3, 0.4) is 0 Å². The maximum Gasteiger partial charge on any atom is 0.00576 e. The van der Waals surface area contributed by atoms with Crippen molar-refractivity contribution in [1.29, 1.82) is 0 Å². The summed E-state index contributed by atoms with van der Waals surface area (Å²) in [4.78, 5) is 2.23. The summed E-state index contributed by atoms with van der Waals surface area (Å²) >= 11 is 4.59. The Labute approximate surface area is 98.9 Å². The van der Waals surface area contributed by atoms with E-state index in [1.165, 1.54) is 12.0 Å². The first-order valence-electron chi connectivity index (χ1n) is 5.49. The first-order chi connectivity index (χ1) is 7.11. The molecule has 1 unspecified atom stereocenters. The van der Waals surface area contributed by atoms with Gasteiger partial charge in [0, 0.05) is 5.25 Å². The summed E-state index contributed by atoms with van der Waals surface area (Å²) in [6.07, 6.45) is 1.17. The summed E-state index contributed by atoms with van der Waals surface area (Å²) in [5, 5.41) is 0.410. The minimum Gasteiger partial charge on any atom is -0.309 e. The fourth-order valence-corrected chi connectivity index (χ4v) is 2.11. The van der Waals surface area contributed by atoms with Crippen LogP contribution in [0.1, 0.15) is 24.8 Å². The van der Waals surface area contributed by atoms with E-state index in [4.69, 9.17) is 0 Å². The van der Waals surface area contributed by atoms with E-state index in [1.807, 2.05) is 0 Å². The average Bonchev–Trinajstić information content (AvgIpc) is 2.18. The lowest BCUT2D eigenvalue weighted by atomic mass is 9.93. The van der Waals surface area contributed by atoms with Crippen molar-refractivity contribution in [3.63, 3.8) is 0 Å². The van der Waals surface area contributed by atoms with Gasteiger partial charge in [-0.1, -0.05) is 37.3 Å². The lowest BCUT2D eigenvalue weighted by molar-refractivity contribution is 0.380. The zero-order valence-corrected chi connectivity index (χ0v) is 10.7. The molecule has 2 atom stereocenters. The van der Waals surface area contributed by atoms with Gasteiger partial charge in [0.05, 0.1) is 0 Å². The molecular formula is C13H21NS. The molecule has 0 spiro atoms. The molecule has 0 bridgehead atoms. The van der Waals surface area contributed by atoms with Gasteiger partial charge in [0.2, 0.25) is 0 Å². The van der Waals surface area contributed by atoms with Crippen LogP contribution in [0.2, 0.25) is 0 Å². The molecule has 1 aromatic rings. The van der Waals surface area contributed by atoms with Crippen molar-refractivity contribution in [1.82, 2.24) is 4.90 Å². The summed E-state index contributed by atoms with van der Waals surface area (Å²) in [6.45, 7) is 3.29. The summed E-state index contributed by atoms with van der Waals surface area (Å²) in [7, 11) is 4.23. The molecule has 1 nitrogen and oxygen atoms in total. The van der Waals surface area contributed by atoms with Gasteiger partial charge >= 0.3 is 0 Å². The second kappa shape index (κ2) is 6.19. The van der Waals surface area contributed by atoms with Crippen LogP contribution in [0.25, 0.3) is 0 Å². The average molecular weight is 223 g/mol. The molecule has 0 aromatic heterocycles. The standard InChI is InChI=1S/C13H21NS/c1-11(15)13(9-10-14(2)3)12-7-5-4-6-8-12/h4-8,11,13,15H,9-10H2,1-3H3/t11?,13-/m0/s1. The lowest BCUT2D eigenvalue weighted by Gasteiger charge is -2.22. The number of thiol groups is 1. The highest BCUT2D eigenvalue weighted by Crippen LogP contribution is 2.26. The molecule has 0 aliphatic carbocycles. The van der Waals surface area contributed by atoms with Crippen molar-refractivity contribution in [3.05, 3.63) is 35.9 Å². The Kier molecular flexibility index (Phi) is 5.20. The maximum atomic E-state index is 4.59. The fraction of sp³-hybridized carbons (Fsp3) is 0.538. The molecule has 1 aromatic carbocycles. The second-order valence-corrected chi connectivity index (χ2v) is 5.16. The van der Waals surface area contributed by atoms with Crippen molar-refractivity contribution in [3.8, 4) is 0 Å². The molecule has 0 aliphatic rings. The van der Waals surface area contributed by atoms with Gasteiger partial charge in [-0.3, -0.25) is 0 Å². The number of benzene rings is 1. The number of hydrogen-bond acceptors (Lipinski definition) is 2. The van der Waals surface area contributed by atoms with Crippen molar-refractivity contribution >= 4 is 12.6 Å². The molecule has 0 aliphatic heterocycles. The van der Waals surface area contributed by atoms with E-state index in [-0.39, 0.29) is 0 Å². The first-order valence-corrected chi connectivity index (χ1v) is 6.00. The van der Waals surface area contributed by atoms with Crippen LogP contribution in [0.4, 0.5) is 0 Å². The topological polar surface area (TPSA) is 3.24 Å². The van der Waals surface area contributed by atoms with Gasteiger partial charge < -0.3 is 4.90 Å². The van der Waals surface area contributed by atoms with Crippen LogP contribution in [0.15, 0.2) is 30.3 Å². The Morgan fingerprint density at radius 1 is 1.20 bits per heavy atom. The molecule has 2 heteroatoms. The predicted octanol–water partition coefficient (Wildman–Crippen LogP) is 3.04. The highest BCUT2D eigenvalue weighted by atomic mass is 32.1. The Morgan fingerprint density at radius 3 is 2.27 bits per heavy atom. The molecule has 0 radical (unpaired) electrons. The normalized spacial score (nSPS) is 15.3. The highest BCUT2D eigenvalue weighted by molar-refractivity contribution is 7.81. The smallest absolute Gasteiger partial charge is 0.00576 e. The molecule has 0 N–H and O–H groups in total. The zero-order chi connectivity index (χ0) is 11.3. The molecule has 15 heavy (non-hydrogen) atoms. The third kappa shape index (κ3) is 4.27. The van der Waals surface area contributed by atoms with Crippen LogP contribution in [0.5, 0.6) is 0 Å². The van der Waals surface area contributed by atoms with E-state index in [1.54, 1.807) is 0 Å². The van der Waals surface area contributed by atoms with Crippen molar-refractivity contribution < 1.29 is 0 Å². The minimum atomic E-state index is 0.410. The van der Waals surface area contributed by atoms with E-state index in [0.29, 0.717) is 11.2 Å². The van der Waals surface area contributed by atoms with Crippen LogP contribution in [-0.2, 0) is 0 Å². The quantitative estimate of drug-likeness (QED) is 0.751. The Bertz CT molecular complexity index is 269. The Balaban J connectivity index is 2.66. The second-order valence-electron chi connectivity index (χ2n) is 4.35. The van der Waals surface area contributed by atoms with E-state index >= 15 is 0 Å². The lowest BCUT2D eigenvalue weighted by Crippen LogP contribution is -2.19. The number of nitrogens with zero attached hydrogens (tertiary/aromatic N) is 1. The van der Waals surface area contributed by atoms with Crippen molar-refractivity contribution in [2.75, 3.05) is 20.6 Å². The van der Waals surface area contributed by atoms with E-state index in [0.717, 1.165) is 6.54 Å². The molecule has 84 valence electrons. The monoisotopic (exact) mass is 223 g/mol. The van der Waals surface area contributed by atoms with Gasteiger partial charge in [-0.05, 0) is 38.5 Å². The van der Waals surface area contributed by atoms with Gasteiger partial charge in [0.15, 0.2) is 0 Å². The van der Waals surface area contributed by atoms with Gasteiger partial charge in [0.25, 0.3) is 0 Å².